The molecule has 3 rings (SSSR count). The van der Waals surface area contributed by atoms with Gasteiger partial charge >= 0.3 is 5.97 Å². The lowest BCUT2D eigenvalue weighted by atomic mass is 9.97. The number of ether oxygens (including phenoxy) is 1. The van der Waals surface area contributed by atoms with Crippen LogP contribution in [0.5, 0.6) is 0 Å². The van der Waals surface area contributed by atoms with Gasteiger partial charge in [0.05, 0.1) is 12.5 Å². The van der Waals surface area contributed by atoms with Crippen LogP contribution in [0, 0.1) is 5.92 Å². The third-order valence-corrected chi connectivity index (χ3v) is 4.14. The average Bonchev–Trinajstić information content (AvgIpc) is 3.12. The maximum atomic E-state index is 12.8. The summed E-state index contributed by atoms with van der Waals surface area (Å²) in [4.78, 5) is 30.6. The van der Waals surface area contributed by atoms with E-state index in [4.69, 9.17) is 9.15 Å². The van der Waals surface area contributed by atoms with Crippen molar-refractivity contribution in [2.75, 3.05) is 19.7 Å². The van der Waals surface area contributed by atoms with Crippen LogP contribution in [0.15, 0.2) is 41.1 Å². The minimum Gasteiger partial charge on any atom is -0.466 e. The molecule has 0 radical (unpaired) electrons. The first-order chi connectivity index (χ1) is 11.7. The van der Waals surface area contributed by atoms with E-state index in [0.717, 1.165) is 18.4 Å². The molecule has 1 atom stereocenters. The van der Waals surface area contributed by atoms with Gasteiger partial charge < -0.3 is 14.1 Å². The molecule has 0 spiro atoms. The molecule has 2 aromatic rings. The van der Waals surface area contributed by atoms with E-state index < -0.39 is 0 Å². The Morgan fingerprint density at radius 2 is 2.12 bits per heavy atom. The summed E-state index contributed by atoms with van der Waals surface area (Å²) in [5, 5.41) is 0. The van der Waals surface area contributed by atoms with E-state index in [1.165, 1.54) is 6.39 Å². The van der Waals surface area contributed by atoms with Gasteiger partial charge in [-0.25, -0.2) is 4.98 Å². The molecule has 1 aromatic heterocycles. The fourth-order valence-corrected chi connectivity index (χ4v) is 2.96. The third-order valence-electron chi connectivity index (χ3n) is 4.14. The molecule has 0 bridgehead atoms. The summed E-state index contributed by atoms with van der Waals surface area (Å²) in [5.41, 5.74) is 1.35. The van der Waals surface area contributed by atoms with Gasteiger partial charge in [-0.2, -0.15) is 0 Å². The van der Waals surface area contributed by atoms with Crippen molar-refractivity contribution >= 4 is 11.9 Å². The minimum absolute atomic E-state index is 0.214. The fraction of sp³-hybridized carbons (Fsp3) is 0.389. The number of carbonyl (C=O) groups excluding carboxylic acids is 2. The number of hydrogen-bond acceptors (Lipinski definition) is 5. The van der Waals surface area contributed by atoms with Crippen LogP contribution in [0.25, 0.3) is 11.3 Å². The molecule has 6 nitrogen and oxygen atoms in total. The number of aromatic nitrogens is 1. The normalized spacial score (nSPS) is 17.5. The first kappa shape index (κ1) is 16.2. The van der Waals surface area contributed by atoms with Gasteiger partial charge in [0.1, 0.15) is 5.69 Å². The number of oxazole rings is 1. The van der Waals surface area contributed by atoms with Crippen LogP contribution >= 0.6 is 0 Å². The Morgan fingerprint density at radius 3 is 2.88 bits per heavy atom. The second-order valence-corrected chi connectivity index (χ2v) is 5.74. The Labute approximate surface area is 140 Å². The molecule has 1 fully saturated rings. The van der Waals surface area contributed by atoms with Gasteiger partial charge in [-0.15, -0.1) is 0 Å². The molecule has 1 unspecified atom stereocenters. The largest absolute Gasteiger partial charge is 0.466 e. The molecule has 1 aliphatic heterocycles. The number of carbonyl (C=O) groups is 2. The lowest BCUT2D eigenvalue weighted by Gasteiger charge is -2.31. The lowest BCUT2D eigenvalue weighted by molar-refractivity contribution is -0.149. The van der Waals surface area contributed by atoms with E-state index in [0.29, 0.717) is 25.4 Å². The van der Waals surface area contributed by atoms with Crippen LogP contribution in [0.3, 0.4) is 0 Å². The van der Waals surface area contributed by atoms with Crippen LogP contribution < -0.4 is 0 Å². The quantitative estimate of drug-likeness (QED) is 0.807. The number of esters is 1. The molecule has 1 saturated heterocycles. The maximum Gasteiger partial charge on any atom is 0.310 e. The van der Waals surface area contributed by atoms with Crippen LogP contribution in [0.4, 0.5) is 0 Å². The fourth-order valence-electron chi connectivity index (χ4n) is 2.96. The molecule has 1 amide bonds. The Kier molecular flexibility index (Phi) is 4.93. The molecule has 1 aromatic carbocycles. The van der Waals surface area contributed by atoms with Gasteiger partial charge in [0.2, 0.25) is 5.76 Å². The molecule has 6 heteroatoms. The molecular formula is C18H20N2O4. The van der Waals surface area contributed by atoms with Crippen molar-refractivity contribution in [3.8, 4) is 11.3 Å². The Balaban J connectivity index is 1.78. The second kappa shape index (κ2) is 7.29. The summed E-state index contributed by atoms with van der Waals surface area (Å²) in [6, 6.07) is 9.43. The molecule has 2 heterocycles. The second-order valence-electron chi connectivity index (χ2n) is 5.74. The van der Waals surface area contributed by atoms with E-state index in [1.807, 2.05) is 30.3 Å². The predicted octanol–water partition coefficient (Wildman–Crippen LogP) is 2.76. The number of nitrogens with zero attached hydrogens (tertiary/aromatic N) is 2. The van der Waals surface area contributed by atoms with Gasteiger partial charge in [0, 0.05) is 18.7 Å². The highest BCUT2D eigenvalue weighted by Gasteiger charge is 2.32. The summed E-state index contributed by atoms with van der Waals surface area (Å²) in [5.74, 6) is -0.535. The van der Waals surface area contributed by atoms with Crippen LogP contribution in [-0.4, -0.2) is 41.5 Å². The van der Waals surface area contributed by atoms with Crippen molar-refractivity contribution in [2.24, 2.45) is 5.92 Å². The number of amides is 1. The Hall–Kier alpha value is -2.63. The van der Waals surface area contributed by atoms with Crippen molar-refractivity contribution in [2.45, 2.75) is 19.8 Å². The van der Waals surface area contributed by atoms with Crippen LogP contribution in [0.1, 0.15) is 30.3 Å². The average molecular weight is 328 g/mol. The van der Waals surface area contributed by atoms with Gasteiger partial charge in [-0.3, -0.25) is 9.59 Å². The summed E-state index contributed by atoms with van der Waals surface area (Å²) in [7, 11) is 0. The number of benzene rings is 1. The molecule has 126 valence electrons. The highest BCUT2D eigenvalue weighted by molar-refractivity contribution is 5.97. The number of hydrogen-bond donors (Lipinski definition) is 0. The monoisotopic (exact) mass is 328 g/mol. The topological polar surface area (TPSA) is 72.6 Å². The number of rotatable bonds is 4. The van der Waals surface area contributed by atoms with Crippen molar-refractivity contribution in [3.63, 3.8) is 0 Å². The highest BCUT2D eigenvalue weighted by atomic mass is 16.5. The van der Waals surface area contributed by atoms with Crippen LogP contribution in [0.2, 0.25) is 0 Å². The molecular weight excluding hydrogens is 308 g/mol. The van der Waals surface area contributed by atoms with E-state index >= 15 is 0 Å². The first-order valence-corrected chi connectivity index (χ1v) is 8.15. The minimum atomic E-state index is -0.272. The third kappa shape index (κ3) is 3.32. The van der Waals surface area contributed by atoms with Gasteiger partial charge in [-0.1, -0.05) is 30.3 Å². The number of likely N-dealkylation sites (tertiary alicyclic amines) is 1. The van der Waals surface area contributed by atoms with Gasteiger partial charge in [0.15, 0.2) is 6.39 Å². The molecule has 0 aliphatic carbocycles. The smallest absolute Gasteiger partial charge is 0.310 e. The highest BCUT2D eigenvalue weighted by Crippen LogP contribution is 2.25. The summed E-state index contributed by atoms with van der Waals surface area (Å²) in [6.07, 6.45) is 2.79. The summed E-state index contributed by atoms with van der Waals surface area (Å²) >= 11 is 0. The van der Waals surface area contributed by atoms with Crippen molar-refractivity contribution in [1.82, 2.24) is 9.88 Å². The van der Waals surface area contributed by atoms with Crippen molar-refractivity contribution in [1.29, 1.82) is 0 Å². The molecule has 0 N–H and O–H groups in total. The zero-order chi connectivity index (χ0) is 16.9. The van der Waals surface area contributed by atoms with E-state index in [1.54, 1.807) is 11.8 Å². The molecule has 24 heavy (non-hydrogen) atoms. The van der Waals surface area contributed by atoms with Gasteiger partial charge in [-0.05, 0) is 19.8 Å². The lowest BCUT2D eigenvalue weighted by Crippen LogP contribution is -2.42. The Bertz CT molecular complexity index is 711. The Morgan fingerprint density at radius 1 is 1.33 bits per heavy atom. The summed E-state index contributed by atoms with van der Waals surface area (Å²) in [6.45, 7) is 3.09. The molecule has 1 aliphatic rings. The van der Waals surface area contributed by atoms with Crippen molar-refractivity contribution < 1.29 is 18.7 Å². The predicted molar refractivity (Wildman–Crippen MR) is 87.2 cm³/mol. The van der Waals surface area contributed by atoms with Crippen LogP contribution in [-0.2, 0) is 9.53 Å². The standard InChI is InChI=1S/C18H20N2O4/c1-2-23-18(22)14-9-6-10-20(11-14)17(21)16-15(19-12-24-16)13-7-4-3-5-8-13/h3-5,7-8,12,14H,2,6,9-11H2,1H3. The SMILES string of the molecule is CCOC(=O)C1CCCN(C(=O)c2ocnc2-c2ccccc2)C1. The van der Waals surface area contributed by atoms with E-state index in [-0.39, 0.29) is 23.6 Å². The van der Waals surface area contributed by atoms with E-state index in [9.17, 15) is 9.59 Å². The summed E-state index contributed by atoms with van der Waals surface area (Å²) < 4.78 is 10.4. The first-order valence-electron chi connectivity index (χ1n) is 8.15. The van der Waals surface area contributed by atoms with Gasteiger partial charge in [0.25, 0.3) is 5.91 Å². The van der Waals surface area contributed by atoms with E-state index in [2.05, 4.69) is 4.98 Å². The molecule has 0 saturated carbocycles. The maximum absolute atomic E-state index is 12.8. The number of piperidine rings is 1. The zero-order valence-corrected chi connectivity index (χ0v) is 13.6. The van der Waals surface area contributed by atoms with Crippen molar-refractivity contribution in [3.05, 3.63) is 42.5 Å². The zero-order valence-electron chi connectivity index (χ0n) is 13.6.